The lowest BCUT2D eigenvalue weighted by molar-refractivity contribution is -0.00753. The summed E-state index contributed by atoms with van der Waals surface area (Å²) in [6.45, 7) is 6.38. The largest absolute Gasteiger partial charge is 0.379 e. The zero-order valence-electron chi connectivity index (χ0n) is 18.5. The summed E-state index contributed by atoms with van der Waals surface area (Å²) in [6.07, 6.45) is 0. The standard InChI is InChI=1S/C25H25NO5S2/c1-3-29-13-14-30-15-16-32-22-12-11-21-23-19(22)5-4-6-20(23)24(27)26(25(21)28)31-33-18-9-7-17(2)8-10-18/h4-12H,3,13-16H2,1-2H3. The van der Waals surface area contributed by atoms with Crippen LogP contribution >= 0.6 is 23.8 Å². The fraction of sp³-hybridized carbons (Fsp3) is 0.280. The first-order valence-corrected chi connectivity index (χ1v) is 12.5. The Morgan fingerprint density at radius 3 is 2.33 bits per heavy atom. The van der Waals surface area contributed by atoms with Crippen LogP contribution in [0.1, 0.15) is 33.2 Å². The van der Waals surface area contributed by atoms with Crippen LogP contribution in [0.3, 0.4) is 0 Å². The Morgan fingerprint density at radius 1 is 0.848 bits per heavy atom. The molecule has 1 aliphatic rings. The van der Waals surface area contributed by atoms with Gasteiger partial charge < -0.3 is 9.47 Å². The first-order valence-electron chi connectivity index (χ1n) is 10.7. The zero-order valence-corrected chi connectivity index (χ0v) is 20.2. The molecule has 4 rings (SSSR count). The minimum Gasteiger partial charge on any atom is -0.379 e. The number of aryl methyl sites for hydroxylation is 1. The monoisotopic (exact) mass is 483 g/mol. The fourth-order valence-corrected chi connectivity index (χ4v) is 4.94. The van der Waals surface area contributed by atoms with Crippen LogP contribution in [0.4, 0.5) is 0 Å². The van der Waals surface area contributed by atoms with Crippen molar-refractivity contribution in [2.45, 2.75) is 23.6 Å². The minimum atomic E-state index is -0.459. The first-order chi connectivity index (χ1) is 16.1. The Kier molecular flexibility index (Phi) is 8.06. The van der Waals surface area contributed by atoms with Gasteiger partial charge >= 0.3 is 0 Å². The maximum Gasteiger partial charge on any atom is 0.286 e. The average molecular weight is 484 g/mol. The number of hydrogen-bond donors (Lipinski definition) is 0. The fourth-order valence-electron chi connectivity index (χ4n) is 3.49. The molecule has 3 aromatic rings. The van der Waals surface area contributed by atoms with Crippen LogP contribution < -0.4 is 0 Å². The Morgan fingerprint density at radius 2 is 1.58 bits per heavy atom. The van der Waals surface area contributed by atoms with E-state index in [0.717, 1.165) is 43.6 Å². The molecule has 1 heterocycles. The number of hydrogen-bond acceptors (Lipinski definition) is 7. The molecule has 0 fully saturated rings. The van der Waals surface area contributed by atoms with Gasteiger partial charge in [-0.1, -0.05) is 29.8 Å². The lowest BCUT2D eigenvalue weighted by Crippen LogP contribution is -2.38. The highest BCUT2D eigenvalue weighted by Gasteiger charge is 2.35. The van der Waals surface area contributed by atoms with Gasteiger partial charge in [0.15, 0.2) is 0 Å². The molecule has 3 aromatic carbocycles. The van der Waals surface area contributed by atoms with Gasteiger partial charge in [-0.25, -0.2) is 0 Å². The number of carbonyl (C=O) groups excluding carboxylic acids is 2. The van der Waals surface area contributed by atoms with Crippen molar-refractivity contribution in [1.82, 2.24) is 5.06 Å². The van der Waals surface area contributed by atoms with Gasteiger partial charge in [-0.05, 0) is 49.6 Å². The quantitative estimate of drug-likeness (QED) is 0.154. The van der Waals surface area contributed by atoms with Crippen molar-refractivity contribution in [3.63, 3.8) is 0 Å². The van der Waals surface area contributed by atoms with Gasteiger partial charge in [-0.15, -0.1) is 16.8 Å². The highest BCUT2D eigenvalue weighted by atomic mass is 32.2. The van der Waals surface area contributed by atoms with E-state index in [1.807, 2.05) is 56.3 Å². The van der Waals surface area contributed by atoms with Crippen molar-refractivity contribution >= 4 is 46.4 Å². The summed E-state index contributed by atoms with van der Waals surface area (Å²) in [4.78, 5) is 28.0. The van der Waals surface area contributed by atoms with E-state index in [9.17, 15) is 9.59 Å². The second kappa shape index (κ2) is 11.2. The van der Waals surface area contributed by atoms with E-state index in [4.69, 9.17) is 13.8 Å². The van der Waals surface area contributed by atoms with Gasteiger partial charge in [0.25, 0.3) is 11.8 Å². The number of amides is 2. The third-order valence-corrected chi connectivity index (χ3v) is 6.85. The molecule has 33 heavy (non-hydrogen) atoms. The van der Waals surface area contributed by atoms with Gasteiger partial charge in [-0.3, -0.25) is 9.59 Å². The Labute approximate surface area is 201 Å². The molecule has 2 amide bonds. The van der Waals surface area contributed by atoms with Gasteiger partial charge in [0.05, 0.1) is 43.0 Å². The number of rotatable bonds is 11. The van der Waals surface area contributed by atoms with Crippen LogP contribution in [0.5, 0.6) is 0 Å². The number of nitrogens with zero attached hydrogens (tertiary/aromatic N) is 1. The van der Waals surface area contributed by atoms with Crippen LogP contribution in [0.25, 0.3) is 10.8 Å². The van der Waals surface area contributed by atoms with Crippen LogP contribution in [0.15, 0.2) is 64.4 Å². The van der Waals surface area contributed by atoms with E-state index >= 15 is 0 Å². The molecule has 172 valence electrons. The van der Waals surface area contributed by atoms with E-state index < -0.39 is 11.8 Å². The van der Waals surface area contributed by atoms with Crippen LogP contribution in [0, 0.1) is 6.92 Å². The van der Waals surface area contributed by atoms with Crippen molar-refractivity contribution in [2.24, 2.45) is 0 Å². The Hall–Kier alpha value is -2.36. The number of benzene rings is 3. The molecule has 0 saturated heterocycles. The topological polar surface area (TPSA) is 65.1 Å². The molecule has 0 spiro atoms. The van der Waals surface area contributed by atoms with Crippen molar-refractivity contribution < 1.29 is 23.3 Å². The summed E-state index contributed by atoms with van der Waals surface area (Å²) >= 11 is 2.63. The first kappa shape index (κ1) is 23.8. The maximum atomic E-state index is 13.1. The Balaban J connectivity index is 1.48. The molecular formula is C25H25NO5S2. The summed E-state index contributed by atoms with van der Waals surface area (Å²) in [5, 5.41) is 2.41. The molecule has 0 aromatic heterocycles. The molecule has 0 N–H and O–H groups in total. The van der Waals surface area contributed by atoms with Crippen LogP contribution in [-0.4, -0.2) is 49.1 Å². The van der Waals surface area contributed by atoms with E-state index in [2.05, 4.69) is 0 Å². The predicted octanol–water partition coefficient (Wildman–Crippen LogP) is 5.53. The van der Waals surface area contributed by atoms with Gasteiger partial charge in [0.2, 0.25) is 0 Å². The number of hydroxylamine groups is 2. The van der Waals surface area contributed by atoms with Crippen molar-refractivity contribution in [2.75, 3.05) is 32.2 Å². The second-order valence-corrected chi connectivity index (χ2v) is 9.30. The molecule has 1 aliphatic heterocycles. The molecular weight excluding hydrogens is 458 g/mol. The van der Waals surface area contributed by atoms with Crippen molar-refractivity contribution in [1.29, 1.82) is 0 Å². The summed E-state index contributed by atoms with van der Waals surface area (Å²) in [5.74, 6) is -0.159. The molecule has 0 aliphatic carbocycles. The predicted molar refractivity (Wildman–Crippen MR) is 131 cm³/mol. The number of carbonyl (C=O) groups is 2. The summed E-state index contributed by atoms with van der Waals surface area (Å²) < 4.78 is 16.4. The molecule has 0 atom stereocenters. The third kappa shape index (κ3) is 5.42. The molecule has 0 radical (unpaired) electrons. The van der Waals surface area contributed by atoms with Gasteiger partial charge in [-0.2, -0.15) is 4.28 Å². The van der Waals surface area contributed by atoms with Crippen LogP contribution in [0.2, 0.25) is 0 Å². The second-order valence-electron chi connectivity index (χ2n) is 7.37. The van der Waals surface area contributed by atoms with E-state index in [1.54, 1.807) is 23.9 Å². The SMILES string of the molecule is CCOCCOCCSc1ccc2c3c(cccc13)C(=O)N(OSc1ccc(C)cc1)C2=O. The zero-order chi connectivity index (χ0) is 23.2. The van der Waals surface area contributed by atoms with Crippen LogP contribution in [-0.2, 0) is 13.8 Å². The molecule has 0 bridgehead atoms. The van der Waals surface area contributed by atoms with E-state index in [-0.39, 0.29) is 0 Å². The van der Waals surface area contributed by atoms with Crippen molar-refractivity contribution in [3.05, 3.63) is 71.3 Å². The lowest BCUT2D eigenvalue weighted by atomic mass is 9.95. The molecule has 0 saturated carbocycles. The number of imide groups is 1. The lowest BCUT2D eigenvalue weighted by Gasteiger charge is -2.25. The van der Waals surface area contributed by atoms with Crippen molar-refractivity contribution in [3.8, 4) is 0 Å². The number of ether oxygens (including phenoxy) is 2. The average Bonchev–Trinajstić information content (AvgIpc) is 2.83. The smallest absolute Gasteiger partial charge is 0.286 e. The minimum absolute atomic E-state index is 0.459. The highest BCUT2D eigenvalue weighted by molar-refractivity contribution is 7.99. The van der Waals surface area contributed by atoms with Gasteiger partial charge in [0.1, 0.15) is 0 Å². The summed E-state index contributed by atoms with van der Waals surface area (Å²) in [5.41, 5.74) is 2.04. The normalized spacial score (nSPS) is 13.2. The van der Waals surface area contributed by atoms with Gasteiger partial charge in [0, 0.05) is 27.5 Å². The number of thioether (sulfide) groups is 1. The molecule has 6 nitrogen and oxygen atoms in total. The molecule has 0 unspecified atom stereocenters. The van der Waals surface area contributed by atoms with E-state index in [1.165, 1.54) is 0 Å². The summed E-state index contributed by atoms with van der Waals surface area (Å²) in [6, 6.07) is 16.9. The Bertz CT molecular complexity index is 1130. The molecule has 8 heteroatoms. The maximum absolute atomic E-state index is 13.1. The summed E-state index contributed by atoms with van der Waals surface area (Å²) in [7, 11) is 0. The van der Waals surface area contributed by atoms with E-state index in [0.29, 0.717) is 42.9 Å². The third-order valence-electron chi connectivity index (χ3n) is 5.12. The highest BCUT2D eigenvalue weighted by Crippen LogP contribution is 2.37.